The molecule has 0 aliphatic heterocycles. The van der Waals surface area contributed by atoms with Crippen LogP contribution in [0.2, 0.25) is 0 Å². The van der Waals surface area contributed by atoms with Crippen LogP contribution in [0.5, 0.6) is 5.88 Å². The molecule has 2 rings (SSSR count). The first-order valence-corrected chi connectivity index (χ1v) is 6.45. The Hall–Kier alpha value is -2.15. The highest BCUT2D eigenvalue weighted by molar-refractivity contribution is 5.83. The number of aromatic nitrogens is 3. The van der Waals surface area contributed by atoms with E-state index in [4.69, 9.17) is 4.74 Å². The van der Waals surface area contributed by atoms with Crippen molar-refractivity contribution in [3.63, 3.8) is 0 Å². The number of nitrogens with zero attached hydrogens (tertiary/aromatic N) is 2. The number of aromatic amines is 1. The minimum atomic E-state index is -0.0225. The van der Waals surface area contributed by atoms with Crippen LogP contribution in [-0.4, -0.2) is 41.6 Å². The molecule has 2 aromatic rings. The maximum Gasteiger partial charge on any atom is 0.221 e. The zero-order chi connectivity index (χ0) is 14.5. The molecule has 0 atom stereocenters. The largest absolute Gasteiger partial charge is 0.481 e. The molecule has 108 valence electrons. The van der Waals surface area contributed by atoms with Gasteiger partial charge in [-0.15, -0.1) is 0 Å². The molecule has 7 nitrogen and oxygen atoms in total. The number of methoxy groups -OCH3 is 1. The van der Waals surface area contributed by atoms with Gasteiger partial charge in [0.2, 0.25) is 11.8 Å². The summed E-state index contributed by atoms with van der Waals surface area (Å²) < 4.78 is 5.29. The second-order valence-electron chi connectivity index (χ2n) is 4.44. The lowest BCUT2D eigenvalue weighted by Crippen LogP contribution is -2.26. The molecule has 3 N–H and O–H groups in total. The Kier molecular flexibility index (Phi) is 4.52. The first-order chi connectivity index (χ1) is 9.67. The molecule has 0 aromatic carbocycles. The summed E-state index contributed by atoms with van der Waals surface area (Å²) in [5, 5.41) is 5.79. The van der Waals surface area contributed by atoms with Crippen molar-refractivity contribution in [2.75, 3.05) is 20.7 Å². The summed E-state index contributed by atoms with van der Waals surface area (Å²) in [6.07, 6.45) is 2.05. The molecule has 20 heavy (non-hydrogen) atoms. The van der Waals surface area contributed by atoms with Gasteiger partial charge in [-0.05, 0) is 14.0 Å². The van der Waals surface area contributed by atoms with E-state index in [9.17, 15) is 4.79 Å². The third-order valence-electron chi connectivity index (χ3n) is 3.07. The SMILES string of the molecule is CNCCC(=O)NCc1c(OC)nc(C)c2[nH]cnc12. The normalized spacial score (nSPS) is 10.8. The smallest absolute Gasteiger partial charge is 0.221 e. The summed E-state index contributed by atoms with van der Waals surface area (Å²) in [5.74, 6) is 0.474. The Labute approximate surface area is 117 Å². The average molecular weight is 277 g/mol. The van der Waals surface area contributed by atoms with E-state index < -0.39 is 0 Å². The van der Waals surface area contributed by atoms with E-state index in [-0.39, 0.29) is 5.91 Å². The monoisotopic (exact) mass is 277 g/mol. The summed E-state index contributed by atoms with van der Waals surface area (Å²) >= 11 is 0. The second kappa shape index (κ2) is 6.33. The molecule has 0 fully saturated rings. The van der Waals surface area contributed by atoms with Gasteiger partial charge in [0.1, 0.15) is 5.52 Å². The number of amides is 1. The number of ether oxygens (including phenoxy) is 1. The topological polar surface area (TPSA) is 91.9 Å². The maximum absolute atomic E-state index is 11.7. The summed E-state index contributed by atoms with van der Waals surface area (Å²) in [6, 6.07) is 0. The number of hydrogen-bond acceptors (Lipinski definition) is 5. The summed E-state index contributed by atoms with van der Waals surface area (Å²) in [5.41, 5.74) is 3.25. The lowest BCUT2D eigenvalue weighted by molar-refractivity contribution is -0.121. The third-order valence-corrected chi connectivity index (χ3v) is 3.07. The van der Waals surface area contributed by atoms with Crippen molar-refractivity contribution in [2.24, 2.45) is 0 Å². The summed E-state index contributed by atoms with van der Waals surface area (Å²) in [7, 11) is 3.38. The summed E-state index contributed by atoms with van der Waals surface area (Å²) in [4.78, 5) is 23.4. The highest BCUT2D eigenvalue weighted by Gasteiger charge is 2.15. The van der Waals surface area contributed by atoms with Gasteiger partial charge in [0.25, 0.3) is 0 Å². The second-order valence-corrected chi connectivity index (χ2v) is 4.44. The molecule has 2 aromatic heterocycles. The number of carbonyl (C=O) groups is 1. The van der Waals surface area contributed by atoms with Crippen LogP contribution >= 0.6 is 0 Å². The molecule has 2 heterocycles. The Bertz CT molecular complexity index is 608. The van der Waals surface area contributed by atoms with Crippen molar-refractivity contribution in [2.45, 2.75) is 19.9 Å². The minimum Gasteiger partial charge on any atom is -0.481 e. The molecule has 7 heteroatoms. The molecule has 0 unspecified atom stereocenters. The lowest BCUT2D eigenvalue weighted by Gasteiger charge is -2.11. The molecular formula is C13H19N5O2. The van der Waals surface area contributed by atoms with Gasteiger partial charge in [0.05, 0.1) is 36.8 Å². The zero-order valence-electron chi connectivity index (χ0n) is 11.9. The van der Waals surface area contributed by atoms with E-state index in [2.05, 4.69) is 25.6 Å². The van der Waals surface area contributed by atoms with E-state index in [0.29, 0.717) is 25.4 Å². The van der Waals surface area contributed by atoms with Gasteiger partial charge < -0.3 is 20.4 Å². The van der Waals surface area contributed by atoms with Crippen molar-refractivity contribution in [1.29, 1.82) is 0 Å². The highest BCUT2D eigenvalue weighted by atomic mass is 16.5. The number of aryl methyl sites for hydroxylation is 1. The molecule has 0 radical (unpaired) electrons. The van der Waals surface area contributed by atoms with Gasteiger partial charge in [-0.1, -0.05) is 0 Å². The first kappa shape index (κ1) is 14.3. The third kappa shape index (κ3) is 2.88. The molecule has 0 aliphatic carbocycles. The maximum atomic E-state index is 11.7. The molecule has 0 spiro atoms. The van der Waals surface area contributed by atoms with Crippen molar-refractivity contribution in [3.05, 3.63) is 17.6 Å². The van der Waals surface area contributed by atoms with Crippen LogP contribution in [0, 0.1) is 6.92 Å². The number of fused-ring (bicyclic) bond motifs is 1. The predicted octanol–water partition coefficient (Wildman–Crippen LogP) is 0.501. The van der Waals surface area contributed by atoms with Crippen LogP contribution < -0.4 is 15.4 Å². The number of H-pyrrole nitrogens is 1. The van der Waals surface area contributed by atoms with Gasteiger partial charge in [0, 0.05) is 13.0 Å². The first-order valence-electron chi connectivity index (χ1n) is 6.45. The molecular weight excluding hydrogens is 258 g/mol. The fraction of sp³-hybridized carbons (Fsp3) is 0.462. The Morgan fingerprint density at radius 2 is 2.30 bits per heavy atom. The Balaban J connectivity index is 2.22. The van der Waals surface area contributed by atoms with E-state index in [1.165, 1.54) is 0 Å². The van der Waals surface area contributed by atoms with Crippen molar-refractivity contribution in [3.8, 4) is 5.88 Å². The van der Waals surface area contributed by atoms with Crippen LogP contribution in [-0.2, 0) is 11.3 Å². The number of nitrogens with one attached hydrogen (secondary N) is 3. The fourth-order valence-electron chi connectivity index (χ4n) is 2.02. The lowest BCUT2D eigenvalue weighted by atomic mass is 10.2. The van der Waals surface area contributed by atoms with Crippen LogP contribution in [0.15, 0.2) is 6.33 Å². The number of imidazole rings is 1. The average Bonchev–Trinajstić information content (AvgIpc) is 2.93. The molecule has 0 saturated heterocycles. The standard InChI is InChI=1S/C13H19N5O2/c1-8-11-12(17-7-16-11)9(13(18-8)20-3)6-15-10(19)4-5-14-2/h7,14H,4-6H2,1-3H3,(H,15,19)(H,16,17). The van der Waals surface area contributed by atoms with Crippen molar-refractivity contribution >= 4 is 16.9 Å². The van der Waals surface area contributed by atoms with Gasteiger partial charge in [0.15, 0.2) is 0 Å². The molecule has 1 amide bonds. The highest BCUT2D eigenvalue weighted by Crippen LogP contribution is 2.25. The van der Waals surface area contributed by atoms with E-state index in [1.54, 1.807) is 13.4 Å². The van der Waals surface area contributed by atoms with Gasteiger partial charge >= 0.3 is 0 Å². The summed E-state index contributed by atoms with van der Waals surface area (Å²) in [6.45, 7) is 2.88. The molecule has 0 aliphatic rings. The number of hydrogen-bond donors (Lipinski definition) is 3. The molecule has 0 bridgehead atoms. The van der Waals surface area contributed by atoms with E-state index >= 15 is 0 Å². The minimum absolute atomic E-state index is 0.0225. The van der Waals surface area contributed by atoms with Crippen molar-refractivity contribution < 1.29 is 9.53 Å². The van der Waals surface area contributed by atoms with Gasteiger partial charge in [-0.2, -0.15) is 0 Å². The van der Waals surface area contributed by atoms with Crippen LogP contribution in [0.4, 0.5) is 0 Å². The quantitative estimate of drug-likeness (QED) is 0.715. The Morgan fingerprint density at radius 3 is 3.00 bits per heavy atom. The van der Waals surface area contributed by atoms with E-state index in [1.807, 2.05) is 14.0 Å². The molecule has 0 saturated carbocycles. The van der Waals surface area contributed by atoms with Gasteiger partial charge in [-0.3, -0.25) is 4.79 Å². The van der Waals surface area contributed by atoms with Gasteiger partial charge in [-0.25, -0.2) is 9.97 Å². The van der Waals surface area contributed by atoms with Crippen LogP contribution in [0.3, 0.4) is 0 Å². The zero-order valence-corrected chi connectivity index (χ0v) is 11.9. The number of carbonyl (C=O) groups excluding carboxylic acids is 1. The van der Waals surface area contributed by atoms with Crippen LogP contribution in [0.25, 0.3) is 11.0 Å². The van der Waals surface area contributed by atoms with Crippen LogP contribution in [0.1, 0.15) is 17.7 Å². The Morgan fingerprint density at radius 1 is 1.50 bits per heavy atom. The number of rotatable bonds is 6. The number of pyridine rings is 1. The van der Waals surface area contributed by atoms with E-state index in [0.717, 1.165) is 22.3 Å². The predicted molar refractivity (Wildman–Crippen MR) is 75.6 cm³/mol. The van der Waals surface area contributed by atoms with Crippen molar-refractivity contribution in [1.82, 2.24) is 25.6 Å². The fourth-order valence-corrected chi connectivity index (χ4v) is 2.02.